The number of hydrogen-bond donors (Lipinski definition) is 0. The Bertz CT molecular complexity index is 542. The van der Waals surface area contributed by atoms with E-state index in [1.165, 1.54) is 0 Å². The molecule has 0 heterocycles. The fourth-order valence-corrected chi connectivity index (χ4v) is 10.6. The molecule has 0 aromatic rings. The van der Waals surface area contributed by atoms with E-state index in [1.807, 2.05) is 0 Å². The van der Waals surface area contributed by atoms with Gasteiger partial charge in [0, 0.05) is 0 Å². The van der Waals surface area contributed by atoms with E-state index in [0.29, 0.717) is 0 Å². The Morgan fingerprint density at radius 3 is 1.25 bits per heavy atom. The summed E-state index contributed by atoms with van der Waals surface area (Å²) in [5, 5.41) is 0. The van der Waals surface area contributed by atoms with Crippen LogP contribution in [0.4, 0.5) is 0 Å². The summed E-state index contributed by atoms with van der Waals surface area (Å²) in [7, 11) is 0. The number of rotatable bonds is 0. The summed E-state index contributed by atoms with van der Waals surface area (Å²) < 4.78 is 0. The smallest absolute Gasteiger partial charge is 0.00770 e. The van der Waals surface area contributed by atoms with Gasteiger partial charge >= 0.3 is 0 Å². The first kappa shape index (κ1) is 13.9. The quantitative estimate of drug-likeness (QED) is 0.446. The van der Waals surface area contributed by atoms with Crippen molar-refractivity contribution in [2.45, 2.75) is 89.9 Å². The zero-order chi connectivity index (χ0) is 15.5. The summed E-state index contributed by atoms with van der Waals surface area (Å²) in [6.07, 6.45) is 22.4. The molecule has 0 saturated heterocycles. The average molecular weight is 323 g/mol. The van der Waals surface area contributed by atoms with Crippen LogP contribution in [0.3, 0.4) is 0 Å². The molecular formula is C24H34. The standard InChI is InChI=1S/C24H34/c1-2-4-24-13-17-6-18(14-24)10-20(9-17)22(24)21-19-7-15-5-16(8-19)12-23(21,3-1)11-15/h15-20H,1-14H2/b22-21-/t15-,16+,17-,18+,19?,20?,23?,24?. The Hall–Kier alpha value is -0.260. The van der Waals surface area contributed by atoms with Crippen molar-refractivity contribution >= 4 is 0 Å². The Morgan fingerprint density at radius 1 is 0.500 bits per heavy atom. The van der Waals surface area contributed by atoms with Crippen molar-refractivity contribution in [2.24, 2.45) is 46.3 Å². The van der Waals surface area contributed by atoms with E-state index < -0.39 is 0 Å². The maximum absolute atomic E-state index is 2.18. The minimum absolute atomic E-state index is 0.729. The Kier molecular flexibility index (Phi) is 2.51. The van der Waals surface area contributed by atoms with Gasteiger partial charge in [0.2, 0.25) is 0 Å². The van der Waals surface area contributed by atoms with Gasteiger partial charge in [-0.25, -0.2) is 0 Å². The second-order valence-corrected chi connectivity index (χ2v) is 11.7. The van der Waals surface area contributed by atoms with Crippen molar-refractivity contribution in [1.82, 2.24) is 0 Å². The first-order valence-electron chi connectivity index (χ1n) is 11.5. The SMILES string of the molecule is C1CCC23C[C@@H]4CC(C[C@@H](C4)C2)/C3=C2\C3C[C@@H]4C[C@H](C3)CC2(C1)C4. The van der Waals surface area contributed by atoms with Gasteiger partial charge in [-0.2, -0.15) is 0 Å². The fourth-order valence-electron chi connectivity index (χ4n) is 10.6. The molecule has 2 spiro atoms. The van der Waals surface area contributed by atoms with Crippen LogP contribution in [0.2, 0.25) is 0 Å². The molecule has 4 unspecified atom stereocenters. The third-order valence-electron chi connectivity index (χ3n) is 10.3. The van der Waals surface area contributed by atoms with Gasteiger partial charge in [-0.1, -0.05) is 24.0 Å². The maximum Gasteiger partial charge on any atom is -0.00770 e. The highest BCUT2D eigenvalue weighted by Gasteiger charge is 2.61. The molecule has 0 aromatic heterocycles. The number of allylic oxidation sites excluding steroid dienone is 2. The lowest BCUT2D eigenvalue weighted by Gasteiger charge is -2.66. The fraction of sp³-hybridized carbons (Fsp3) is 0.917. The first-order chi connectivity index (χ1) is 11.7. The lowest BCUT2D eigenvalue weighted by Crippen LogP contribution is -2.54. The molecule has 0 heteroatoms. The van der Waals surface area contributed by atoms with Gasteiger partial charge in [0.05, 0.1) is 0 Å². The number of hydrogen-bond acceptors (Lipinski definition) is 0. The van der Waals surface area contributed by atoms with Gasteiger partial charge in [-0.3, -0.25) is 0 Å². The van der Waals surface area contributed by atoms with Gasteiger partial charge in [0.25, 0.3) is 0 Å². The summed E-state index contributed by atoms with van der Waals surface area (Å²) in [6, 6.07) is 0. The molecule has 0 aliphatic heterocycles. The van der Waals surface area contributed by atoms with Crippen LogP contribution in [0.25, 0.3) is 0 Å². The molecule has 8 atom stereocenters. The van der Waals surface area contributed by atoms with E-state index in [4.69, 9.17) is 0 Å². The van der Waals surface area contributed by atoms with E-state index >= 15 is 0 Å². The molecular weight excluding hydrogens is 288 g/mol. The van der Waals surface area contributed by atoms with Crippen LogP contribution >= 0.6 is 0 Å². The molecule has 9 aliphatic carbocycles. The molecule has 8 saturated carbocycles. The maximum atomic E-state index is 2.18. The monoisotopic (exact) mass is 322 g/mol. The molecule has 0 amide bonds. The van der Waals surface area contributed by atoms with Gasteiger partial charge in [-0.15, -0.1) is 0 Å². The lowest BCUT2D eigenvalue weighted by atomic mass is 9.39. The Morgan fingerprint density at radius 2 is 0.875 bits per heavy atom. The summed E-state index contributed by atoms with van der Waals surface area (Å²) in [5.41, 5.74) is 5.82. The minimum atomic E-state index is 0.729. The van der Waals surface area contributed by atoms with Crippen LogP contribution in [0.5, 0.6) is 0 Å². The normalized spacial score (nSPS) is 63.0. The van der Waals surface area contributed by atoms with E-state index in [1.54, 1.807) is 89.9 Å². The van der Waals surface area contributed by atoms with Crippen molar-refractivity contribution in [2.75, 3.05) is 0 Å². The van der Waals surface area contributed by atoms with Crippen molar-refractivity contribution < 1.29 is 0 Å². The molecule has 24 heavy (non-hydrogen) atoms. The van der Waals surface area contributed by atoms with Crippen LogP contribution in [-0.2, 0) is 0 Å². The van der Waals surface area contributed by atoms with Crippen LogP contribution in [0, 0.1) is 46.3 Å². The van der Waals surface area contributed by atoms with Crippen LogP contribution in [0.1, 0.15) is 89.9 Å². The van der Waals surface area contributed by atoms with E-state index in [9.17, 15) is 0 Å². The molecule has 9 aliphatic rings. The lowest BCUT2D eigenvalue weighted by molar-refractivity contribution is -0.0429. The zero-order valence-corrected chi connectivity index (χ0v) is 15.4. The highest BCUT2D eigenvalue weighted by molar-refractivity contribution is 5.40. The van der Waals surface area contributed by atoms with Gasteiger partial charge in [0.15, 0.2) is 0 Å². The van der Waals surface area contributed by atoms with Crippen molar-refractivity contribution in [3.63, 3.8) is 0 Å². The van der Waals surface area contributed by atoms with Crippen LogP contribution in [-0.4, -0.2) is 0 Å². The van der Waals surface area contributed by atoms with Crippen LogP contribution in [0.15, 0.2) is 11.1 Å². The zero-order valence-electron chi connectivity index (χ0n) is 15.4. The molecule has 130 valence electrons. The molecule has 0 aromatic carbocycles. The summed E-state index contributed by atoms with van der Waals surface area (Å²) in [5.74, 6) is 6.61. The van der Waals surface area contributed by atoms with E-state index in [0.717, 1.165) is 46.3 Å². The predicted molar refractivity (Wildman–Crippen MR) is 97.5 cm³/mol. The topological polar surface area (TPSA) is 0 Å². The second kappa shape index (κ2) is 4.34. The highest BCUT2D eigenvalue weighted by Crippen LogP contribution is 2.72. The summed E-state index contributed by atoms with van der Waals surface area (Å²) in [4.78, 5) is 0. The minimum Gasteiger partial charge on any atom is -0.0608 e. The molecule has 0 N–H and O–H groups in total. The third-order valence-corrected chi connectivity index (χ3v) is 10.3. The summed E-state index contributed by atoms with van der Waals surface area (Å²) >= 11 is 0. The summed E-state index contributed by atoms with van der Waals surface area (Å²) in [6.45, 7) is 0. The average Bonchev–Trinajstić information content (AvgIpc) is 2.51. The molecule has 0 radical (unpaired) electrons. The Labute approximate surface area is 147 Å². The van der Waals surface area contributed by atoms with Crippen molar-refractivity contribution in [3.8, 4) is 0 Å². The van der Waals surface area contributed by atoms with Crippen LogP contribution < -0.4 is 0 Å². The largest absolute Gasteiger partial charge is 0.0608 e. The second-order valence-electron chi connectivity index (χ2n) is 11.7. The van der Waals surface area contributed by atoms with Gasteiger partial charge in [-0.05, 0) is 123 Å². The first-order valence-corrected chi connectivity index (χ1v) is 11.5. The molecule has 8 fully saturated rings. The predicted octanol–water partition coefficient (Wildman–Crippen LogP) is 6.51. The van der Waals surface area contributed by atoms with Gasteiger partial charge < -0.3 is 0 Å². The van der Waals surface area contributed by atoms with Crippen molar-refractivity contribution in [3.05, 3.63) is 11.1 Å². The molecule has 9 rings (SSSR count). The third kappa shape index (κ3) is 1.59. The molecule has 0 nitrogen and oxygen atoms in total. The van der Waals surface area contributed by atoms with Crippen molar-refractivity contribution in [1.29, 1.82) is 0 Å². The highest BCUT2D eigenvalue weighted by atomic mass is 14.7. The van der Waals surface area contributed by atoms with Gasteiger partial charge in [0.1, 0.15) is 0 Å². The van der Waals surface area contributed by atoms with E-state index in [2.05, 4.69) is 11.1 Å². The Balaban J connectivity index is 1.47. The molecule has 8 bridgehead atoms. The van der Waals surface area contributed by atoms with E-state index in [-0.39, 0.29) is 0 Å².